The second-order valence-electron chi connectivity index (χ2n) is 6.37. The van der Waals surface area contributed by atoms with Crippen molar-refractivity contribution >= 4 is 11.3 Å². The molecule has 2 heterocycles. The summed E-state index contributed by atoms with van der Waals surface area (Å²) in [4.78, 5) is 5.53. The van der Waals surface area contributed by atoms with Gasteiger partial charge in [0.25, 0.3) is 0 Å². The topological polar surface area (TPSA) is 17.8 Å². The summed E-state index contributed by atoms with van der Waals surface area (Å²) in [7, 11) is 0. The molecule has 0 bridgehead atoms. The summed E-state index contributed by atoms with van der Waals surface area (Å²) < 4.78 is 28.7. The van der Waals surface area contributed by atoms with E-state index in [9.17, 15) is 8.78 Å². The first kappa shape index (κ1) is 15.7. The van der Waals surface area contributed by atoms with Gasteiger partial charge < -0.3 is 4.57 Å². The maximum Gasteiger partial charge on any atom is 0.248 e. The van der Waals surface area contributed by atoms with Gasteiger partial charge in [-0.3, -0.25) is 0 Å². The molecule has 1 saturated carbocycles. The highest BCUT2D eigenvalue weighted by Gasteiger charge is 2.35. The summed E-state index contributed by atoms with van der Waals surface area (Å²) in [5.74, 6) is -1.99. The molecule has 0 radical (unpaired) electrons. The van der Waals surface area contributed by atoms with Crippen LogP contribution in [0.3, 0.4) is 0 Å². The molecule has 0 spiro atoms. The van der Waals surface area contributed by atoms with Gasteiger partial charge in [-0.15, -0.1) is 11.3 Å². The van der Waals surface area contributed by atoms with Crippen molar-refractivity contribution in [3.63, 3.8) is 0 Å². The van der Waals surface area contributed by atoms with Gasteiger partial charge in [-0.25, -0.2) is 13.8 Å². The Hall–Kier alpha value is -1.23. The van der Waals surface area contributed by atoms with Crippen molar-refractivity contribution in [2.24, 2.45) is 5.92 Å². The van der Waals surface area contributed by atoms with Crippen molar-refractivity contribution in [1.82, 2.24) is 9.55 Å². The number of halogens is 2. The lowest BCUT2D eigenvalue weighted by molar-refractivity contribution is -0.0468. The van der Waals surface area contributed by atoms with Gasteiger partial charge in [0.05, 0.1) is 12.4 Å². The second kappa shape index (κ2) is 6.49. The minimum Gasteiger partial charge on any atom is -0.329 e. The average molecular weight is 324 g/mol. The zero-order valence-corrected chi connectivity index (χ0v) is 13.7. The average Bonchev–Trinajstić information content (AvgIpc) is 3.13. The van der Waals surface area contributed by atoms with Crippen LogP contribution in [-0.2, 0) is 0 Å². The van der Waals surface area contributed by atoms with Crippen LogP contribution in [0.25, 0.3) is 0 Å². The maximum atomic E-state index is 13.3. The first-order valence-electron chi connectivity index (χ1n) is 7.94. The highest BCUT2D eigenvalue weighted by atomic mass is 32.1. The highest BCUT2D eigenvalue weighted by molar-refractivity contribution is 7.10. The third-order valence-corrected chi connectivity index (χ3v) is 5.89. The number of imidazole rings is 1. The van der Waals surface area contributed by atoms with Crippen LogP contribution in [0, 0.1) is 12.8 Å². The van der Waals surface area contributed by atoms with Gasteiger partial charge in [0.15, 0.2) is 0 Å². The van der Waals surface area contributed by atoms with E-state index in [0.717, 1.165) is 12.8 Å². The largest absolute Gasteiger partial charge is 0.329 e. The molecule has 3 rings (SSSR count). The van der Waals surface area contributed by atoms with Gasteiger partial charge in [0, 0.05) is 30.1 Å². The molecule has 0 amide bonds. The molecular formula is C17H22F2N2S. The number of aromatic nitrogens is 2. The minimum atomic E-state index is -2.43. The van der Waals surface area contributed by atoms with Crippen molar-refractivity contribution in [3.8, 4) is 0 Å². The van der Waals surface area contributed by atoms with Gasteiger partial charge in [0.2, 0.25) is 5.92 Å². The van der Waals surface area contributed by atoms with Crippen LogP contribution >= 0.6 is 11.3 Å². The molecule has 0 N–H and O–H groups in total. The Morgan fingerprint density at radius 3 is 2.77 bits per heavy atom. The fourth-order valence-corrected chi connectivity index (χ4v) is 4.45. The Kier molecular flexibility index (Phi) is 4.62. The van der Waals surface area contributed by atoms with E-state index in [2.05, 4.69) is 27.9 Å². The van der Waals surface area contributed by atoms with Gasteiger partial charge >= 0.3 is 0 Å². The molecule has 2 nitrogen and oxygen atoms in total. The maximum absolute atomic E-state index is 13.3. The van der Waals surface area contributed by atoms with E-state index in [0.29, 0.717) is 18.8 Å². The number of hydrogen-bond donors (Lipinski definition) is 0. The normalized spacial score (nSPS) is 20.1. The Morgan fingerprint density at radius 2 is 2.18 bits per heavy atom. The summed E-state index contributed by atoms with van der Waals surface area (Å²) >= 11 is 1.77. The van der Waals surface area contributed by atoms with Gasteiger partial charge in [0.1, 0.15) is 0 Å². The minimum absolute atomic E-state index is 0.0610. The Balaban J connectivity index is 1.66. The molecule has 2 aromatic heterocycles. The third-order valence-electron chi connectivity index (χ3n) is 4.77. The van der Waals surface area contributed by atoms with Crippen molar-refractivity contribution < 1.29 is 8.78 Å². The molecule has 5 heteroatoms. The van der Waals surface area contributed by atoms with Crippen LogP contribution in [0.15, 0.2) is 30.2 Å². The fourth-order valence-electron chi connectivity index (χ4n) is 3.38. The molecule has 2 aromatic rings. The highest BCUT2D eigenvalue weighted by Crippen LogP contribution is 2.40. The van der Waals surface area contributed by atoms with Crippen LogP contribution in [-0.4, -0.2) is 15.5 Å². The second-order valence-corrected chi connectivity index (χ2v) is 7.32. The number of nitrogens with zero attached hydrogens (tertiary/aromatic N) is 2. The number of alkyl halides is 2. The monoisotopic (exact) mass is 324 g/mol. The molecule has 1 atom stereocenters. The molecule has 1 aliphatic carbocycles. The van der Waals surface area contributed by atoms with Crippen molar-refractivity contribution in [2.75, 3.05) is 0 Å². The lowest BCUT2D eigenvalue weighted by Gasteiger charge is -2.29. The molecular weight excluding hydrogens is 302 g/mol. The molecule has 120 valence electrons. The summed E-state index contributed by atoms with van der Waals surface area (Å²) in [6.45, 7) is 2.14. The van der Waals surface area contributed by atoms with E-state index < -0.39 is 5.92 Å². The summed E-state index contributed by atoms with van der Waals surface area (Å²) in [5, 5.41) is 2.12. The van der Waals surface area contributed by atoms with Gasteiger partial charge in [-0.1, -0.05) is 0 Å². The lowest BCUT2D eigenvalue weighted by Crippen LogP contribution is -2.25. The number of hydrogen-bond acceptors (Lipinski definition) is 2. The smallest absolute Gasteiger partial charge is 0.248 e. The van der Waals surface area contributed by atoms with Gasteiger partial charge in [-0.2, -0.15) is 0 Å². The Labute approximate surface area is 134 Å². The first-order chi connectivity index (χ1) is 10.6. The molecule has 22 heavy (non-hydrogen) atoms. The van der Waals surface area contributed by atoms with Crippen LogP contribution in [0.4, 0.5) is 8.78 Å². The van der Waals surface area contributed by atoms with Gasteiger partial charge in [-0.05, 0) is 55.5 Å². The van der Waals surface area contributed by atoms with Crippen LogP contribution < -0.4 is 0 Å². The summed E-state index contributed by atoms with van der Waals surface area (Å²) in [6.07, 6.45) is 9.11. The SMILES string of the molecule is Cc1ccsc1C(CCC1CCC(F)(F)CC1)n1ccnc1. The van der Waals surface area contributed by atoms with Crippen LogP contribution in [0.2, 0.25) is 0 Å². The summed E-state index contributed by atoms with van der Waals surface area (Å²) in [5.41, 5.74) is 1.30. The zero-order chi connectivity index (χ0) is 15.6. The standard InChI is InChI=1S/C17H22F2N2S/c1-13-6-11-22-16(13)15(21-10-9-20-12-21)3-2-14-4-7-17(18,19)8-5-14/h6,9-12,14-15H,2-5,7-8H2,1H3. The van der Waals surface area contributed by atoms with E-state index >= 15 is 0 Å². The Morgan fingerprint density at radius 1 is 1.41 bits per heavy atom. The quantitative estimate of drug-likeness (QED) is 0.715. The van der Waals surface area contributed by atoms with Crippen LogP contribution in [0.5, 0.6) is 0 Å². The summed E-state index contributed by atoms with van der Waals surface area (Å²) in [6, 6.07) is 2.43. The van der Waals surface area contributed by atoms with Crippen molar-refractivity contribution in [3.05, 3.63) is 40.6 Å². The van der Waals surface area contributed by atoms with Crippen molar-refractivity contribution in [1.29, 1.82) is 0 Å². The molecule has 0 saturated heterocycles. The third kappa shape index (κ3) is 3.57. The van der Waals surface area contributed by atoms with E-state index in [1.165, 1.54) is 10.4 Å². The van der Waals surface area contributed by atoms with E-state index in [4.69, 9.17) is 0 Å². The predicted octanol–water partition coefficient (Wildman–Crippen LogP) is 5.45. The molecule has 0 aliphatic heterocycles. The van der Waals surface area contributed by atoms with E-state index in [1.807, 2.05) is 12.5 Å². The predicted molar refractivity (Wildman–Crippen MR) is 85.6 cm³/mol. The molecule has 0 aromatic carbocycles. The van der Waals surface area contributed by atoms with E-state index in [1.54, 1.807) is 17.5 Å². The van der Waals surface area contributed by atoms with Crippen LogP contribution in [0.1, 0.15) is 55.0 Å². The number of thiophene rings is 1. The molecule has 1 fully saturated rings. The molecule has 1 aliphatic rings. The fraction of sp³-hybridized carbons (Fsp3) is 0.588. The number of rotatable bonds is 5. The van der Waals surface area contributed by atoms with Crippen molar-refractivity contribution in [2.45, 2.75) is 57.4 Å². The zero-order valence-electron chi connectivity index (χ0n) is 12.8. The Bertz CT molecular complexity index is 582. The first-order valence-corrected chi connectivity index (χ1v) is 8.82. The number of aryl methyl sites for hydroxylation is 1. The molecule has 1 unspecified atom stereocenters. The van der Waals surface area contributed by atoms with E-state index in [-0.39, 0.29) is 18.9 Å². The lowest BCUT2D eigenvalue weighted by atomic mass is 9.83.